The molecule has 2 N–H and O–H groups in total. The number of rotatable bonds is 6. The minimum Gasteiger partial charge on any atom is -0.345 e. The molecule has 0 aliphatic carbocycles. The van der Waals surface area contributed by atoms with E-state index in [1.165, 1.54) is 40.4 Å². The van der Waals surface area contributed by atoms with Gasteiger partial charge in [0, 0.05) is 18.4 Å². The molecule has 25 heavy (non-hydrogen) atoms. The summed E-state index contributed by atoms with van der Waals surface area (Å²) < 4.78 is 28.6. The monoisotopic (exact) mass is 350 g/mol. The average molecular weight is 350 g/mol. The fraction of sp³-hybridized carbons (Fsp3) is 0.471. The van der Waals surface area contributed by atoms with Crippen LogP contribution in [-0.2, 0) is 6.54 Å². The van der Waals surface area contributed by atoms with Crippen LogP contribution in [0, 0.1) is 11.6 Å². The second-order valence-electron chi connectivity index (χ2n) is 6.31. The third-order valence-corrected chi connectivity index (χ3v) is 4.74. The van der Waals surface area contributed by atoms with Gasteiger partial charge in [-0.05, 0) is 19.1 Å². The van der Waals surface area contributed by atoms with Crippen molar-refractivity contribution in [3.63, 3.8) is 0 Å². The van der Waals surface area contributed by atoms with E-state index >= 15 is 0 Å². The highest BCUT2D eigenvalue weighted by Gasteiger charge is 2.27. The van der Waals surface area contributed by atoms with Gasteiger partial charge in [-0.15, -0.1) is 5.10 Å². The van der Waals surface area contributed by atoms with Gasteiger partial charge in [0.05, 0.1) is 32.4 Å². The largest absolute Gasteiger partial charge is 0.345 e. The zero-order valence-electron chi connectivity index (χ0n) is 14.1. The molecule has 2 heterocycles. The Balaban J connectivity index is 1.60. The van der Waals surface area contributed by atoms with Crippen molar-refractivity contribution < 1.29 is 18.5 Å². The van der Waals surface area contributed by atoms with Gasteiger partial charge in [-0.25, -0.2) is 13.5 Å². The van der Waals surface area contributed by atoms with Crippen LogP contribution in [0.2, 0.25) is 0 Å². The van der Waals surface area contributed by atoms with Crippen LogP contribution in [0.1, 0.15) is 35.8 Å². The molecule has 1 aliphatic rings. The van der Waals surface area contributed by atoms with Crippen molar-refractivity contribution in [2.75, 3.05) is 19.6 Å². The van der Waals surface area contributed by atoms with Crippen LogP contribution >= 0.6 is 0 Å². The molecule has 0 bridgehead atoms. The van der Waals surface area contributed by atoms with Gasteiger partial charge in [0.15, 0.2) is 5.69 Å². The second-order valence-corrected chi connectivity index (χ2v) is 6.31. The summed E-state index contributed by atoms with van der Waals surface area (Å²) in [6.07, 6.45) is 3.68. The van der Waals surface area contributed by atoms with Gasteiger partial charge in [-0.1, -0.05) is 11.3 Å². The van der Waals surface area contributed by atoms with E-state index in [2.05, 4.69) is 22.6 Å². The van der Waals surface area contributed by atoms with Gasteiger partial charge in [-0.3, -0.25) is 4.79 Å². The standard InChI is InChI=1S/C17H21F2N5O/c1-2-23-8-4-5-12(23)9-20-17(25)16-11-24(22-21-16)10-13-14(18)6-3-7-15(13)19/h3,6-7,11-12H,2,4-5,8-10H2,1H3,(H,20,25)/p+1/t12-/m1/s1. The minimum atomic E-state index is -0.648. The predicted octanol–water partition coefficient (Wildman–Crippen LogP) is 0.402. The number of likely N-dealkylation sites (tertiary alicyclic amines) is 1. The number of carbonyl (C=O) groups excluding carboxylic acids is 1. The normalized spacial score (nSPS) is 20.0. The van der Waals surface area contributed by atoms with Crippen molar-refractivity contribution in [1.29, 1.82) is 0 Å². The van der Waals surface area contributed by atoms with E-state index in [0.29, 0.717) is 12.6 Å². The summed E-state index contributed by atoms with van der Waals surface area (Å²) in [5.41, 5.74) is 0.0419. The lowest BCUT2D eigenvalue weighted by Gasteiger charge is -2.19. The highest BCUT2D eigenvalue weighted by molar-refractivity contribution is 5.91. The Bertz CT molecular complexity index is 728. The molecule has 2 atom stereocenters. The van der Waals surface area contributed by atoms with Crippen molar-refractivity contribution >= 4 is 5.91 Å². The lowest BCUT2D eigenvalue weighted by molar-refractivity contribution is -0.909. The Morgan fingerprint density at radius 2 is 2.16 bits per heavy atom. The van der Waals surface area contributed by atoms with Crippen molar-refractivity contribution in [2.24, 2.45) is 0 Å². The molecule has 0 spiro atoms. The molecule has 8 heteroatoms. The number of benzene rings is 1. The maximum atomic E-state index is 13.7. The van der Waals surface area contributed by atoms with Crippen LogP contribution in [0.25, 0.3) is 0 Å². The molecule has 6 nitrogen and oxygen atoms in total. The van der Waals surface area contributed by atoms with E-state index in [1.54, 1.807) is 0 Å². The highest BCUT2D eigenvalue weighted by Crippen LogP contribution is 2.13. The number of hydrogen-bond acceptors (Lipinski definition) is 3. The van der Waals surface area contributed by atoms with E-state index in [1.807, 2.05) is 0 Å². The van der Waals surface area contributed by atoms with E-state index in [-0.39, 0.29) is 23.7 Å². The van der Waals surface area contributed by atoms with Crippen LogP contribution in [0.3, 0.4) is 0 Å². The number of halogens is 2. The summed E-state index contributed by atoms with van der Waals surface area (Å²) in [4.78, 5) is 13.7. The van der Waals surface area contributed by atoms with Crippen molar-refractivity contribution in [3.8, 4) is 0 Å². The predicted molar refractivity (Wildman–Crippen MR) is 87.2 cm³/mol. The van der Waals surface area contributed by atoms with Gasteiger partial charge >= 0.3 is 0 Å². The quantitative estimate of drug-likeness (QED) is 0.793. The number of aromatic nitrogens is 3. The van der Waals surface area contributed by atoms with Crippen LogP contribution in [-0.4, -0.2) is 46.6 Å². The number of nitrogens with one attached hydrogen (secondary N) is 2. The number of nitrogens with zero attached hydrogens (tertiary/aromatic N) is 3. The summed E-state index contributed by atoms with van der Waals surface area (Å²) in [5.74, 6) is -1.61. The average Bonchev–Trinajstić information content (AvgIpc) is 3.25. The zero-order chi connectivity index (χ0) is 17.8. The fourth-order valence-electron chi connectivity index (χ4n) is 3.33. The van der Waals surface area contributed by atoms with Crippen LogP contribution < -0.4 is 10.2 Å². The number of carbonyl (C=O) groups is 1. The van der Waals surface area contributed by atoms with E-state index in [9.17, 15) is 13.6 Å². The molecule has 2 aromatic rings. The maximum absolute atomic E-state index is 13.7. The Kier molecular flexibility index (Phi) is 5.37. The maximum Gasteiger partial charge on any atom is 0.273 e. The third-order valence-electron chi connectivity index (χ3n) is 4.74. The lowest BCUT2D eigenvalue weighted by atomic mass is 10.2. The Labute approximate surface area is 144 Å². The molecular weight excluding hydrogens is 328 g/mol. The third kappa shape index (κ3) is 4.01. The molecule has 1 aromatic carbocycles. The van der Waals surface area contributed by atoms with E-state index in [4.69, 9.17) is 0 Å². The molecule has 1 saturated heterocycles. The molecular formula is C17H22F2N5O+. The first kappa shape index (κ1) is 17.5. The van der Waals surface area contributed by atoms with Gasteiger partial charge < -0.3 is 10.2 Å². The smallest absolute Gasteiger partial charge is 0.273 e. The lowest BCUT2D eigenvalue weighted by Crippen LogP contribution is -3.14. The molecule has 0 saturated carbocycles. The van der Waals surface area contributed by atoms with Crippen molar-refractivity contribution in [3.05, 3.63) is 47.3 Å². The van der Waals surface area contributed by atoms with Gasteiger partial charge in [0.25, 0.3) is 5.91 Å². The van der Waals surface area contributed by atoms with E-state index < -0.39 is 11.6 Å². The molecule has 1 aromatic heterocycles. The number of quaternary nitrogens is 1. The minimum absolute atomic E-state index is 0.104. The zero-order valence-corrected chi connectivity index (χ0v) is 14.1. The summed E-state index contributed by atoms with van der Waals surface area (Å²) in [7, 11) is 0. The first-order valence-corrected chi connectivity index (χ1v) is 8.54. The first-order valence-electron chi connectivity index (χ1n) is 8.54. The van der Waals surface area contributed by atoms with Gasteiger partial charge in [0.1, 0.15) is 17.7 Å². The second kappa shape index (κ2) is 7.69. The molecule has 1 amide bonds. The van der Waals surface area contributed by atoms with Crippen LogP contribution in [0.5, 0.6) is 0 Å². The first-order chi connectivity index (χ1) is 12.1. The molecule has 134 valence electrons. The summed E-state index contributed by atoms with van der Waals surface area (Å²) in [5, 5.41) is 10.5. The van der Waals surface area contributed by atoms with Gasteiger partial charge in [0.2, 0.25) is 0 Å². The summed E-state index contributed by atoms with van der Waals surface area (Å²) >= 11 is 0. The summed E-state index contributed by atoms with van der Waals surface area (Å²) in [6.45, 7) is 4.81. The number of likely N-dealkylation sites (N-methyl/N-ethyl adjacent to an activating group) is 1. The molecule has 1 aliphatic heterocycles. The molecule has 1 fully saturated rings. The van der Waals surface area contributed by atoms with Crippen LogP contribution in [0.15, 0.2) is 24.4 Å². The number of amides is 1. The highest BCUT2D eigenvalue weighted by atomic mass is 19.1. The van der Waals surface area contributed by atoms with Crippen LogP contribution in [0.4, 0.5) is 8.78 Å². The molecule has 3 rings (SSSR count). The topological polar surface area (TPSA) is 64.2 Å². The number of hydrogen-bond donors (Lipinski definition) is 2. The Morgan fingerprint density at radius 3 is 2.88 bits per heavy atom. The molecule has 1 unspecified atom stereocenters. The fourth-order valence-corrected chi connectivity index (χ4v) is 3.33. The van der Waals surface area contributed by atoms with E-state index in [0.717, 1.165) is 19.5 Å². The molecule has 0 radical (unpaired) electrons. The van der Waals surface area contributed by atoms with Crippen molar-refractivity contribution in [2.45, 2.75) is 32.4 Å². The van der Waals surface area contributed by atoms with Crippen molar-refractivity contribution in [1.82, 2.24) is 20.3 Å². The van der Waals surface area contributed by atoms with Gasteiger partial charge in [-0.2, -0.15) is 0 Å². The summed E-state index contributed by atoms with van der Waals surface area (Å²) in [6, 6.07) is 4.11. The SMILES string of the molecule is CC[NH+]1CCC[C@@H]1CNC(=O)c1cn(Cc2c(F)cccc2F)nn1. The Hall–Kier alpha value is -2.35. The Morgan fingerprint density at radius 1 is 1.40 bits per heavy atom.